The molecule has 1 heterocycles. The lowest BCUT2D eigenvalue weighted by molar-refractivity contribution is -0.142. The molecule has 1 aliphatic heterocycles. The molecule has 0 radical (unpaired) electrons. The number of esters is 1. The van der Waals surface area contributed by atoms with Crippen molar-refractivity contribution in [3.05, 3.63) is 29.8 Å². The minimum absolute atomic E-state index is 0.0746. The second kappa shape index (κ2) is 7.08. The van der Waals surface area contributed by atoms with Gasteiger partial charge in [0.1, 0.15) is 0 Å². The molecule has 114 valence electrons. The van der Waals surface area contributed by atoms with Crippen LogP contribution in [0.4, 0.5) is 5.69 Å². The van der Waals surface area contributed by atoms with Gasteiger partial charge in [-0.15, -0.1) is 0 Å². The Morgan fingerprint density at radius 2 is 1.86 bits per heavy atom. The number of amides is 1. The number of nitrogens with two attached hydrogens (primary N) is 1. The van der Waals surface area contributed by atoms with Crippen molar-refractivity contribution >= 4 is 17.6 Å². The predicted molar refractivity (Wildman–Crippen MR) is 79.6 cm³/mol. The van der Waals surface area contributed by atoms with Crippen molar-refractivity contribution in [3.8, 4) is 0 Å². The first-order valence-corrected chi connectivity index (χ1v) is 7.00. The van der Waals surface area contributed by atoms with Crippen molar-refractivity contribution < 1.29 is 14.3 Å². The fourth-order valence-electron chi connectivity index (χ4n) is 2.37. The van der Waals surface area contributed by atoms with Gasteiger partial charge in [0.05, 0.1) is 20.1 Å². The van der Waals surface area contributed by atoms with Crippen LogP contribution in [0.2, 0.25) is 0 Å². The fourth-order valence-corrected chi connectivity index (χ4v) is 2.37. The Balaban J connectivity index is 1.83. The van der Waals surface area contributed by atoms with E-state index in [0.29, 0.717) is 38.3 Å². The lowest BCUT2D eigenvalue weighted by atomic mass is 10.1. The molecule has 1 aliphatic rings. The SMILES string of the molecule is COC(=O)CN1CCN(C(=O)Cc2ccccc2N)CC1. The zero-order valence-corrected chi connectivity index (χ0v) is 12.2. The van der Waals surface area contributed by atoms with Crippen LogP contribution in [0.1, 0.15) is 5.56 Å². The molecule has 1 fully saturated rings. The first-order chi connectivity index (χ1) is 10.1. The van der Waals surface area contributed by atoms with E-state index in [2.05, 4.69) is 4.74 Å². The van der Waals surface area contributed by atoms with E-state index in [1.807, 2.05) is 28.0 Å². The number of anilines is 1. The molecular formula is C15H21N3O3. The minimum Gasteiger partial charge on any atom is -0.468 e. The third-order valence-corrected chi connectivity index (χ3v) is 3.70. The molecular weight excluding hydrogens is 270 g/mol. The van der Waals surface area contributed by atoms with Crippen molar-refractivity contribution in [1.82, 2.24) is 9.80 Å². The van der Waals surface area contributed by atoms with Crippen molar-refractivity contribution in [2.45, 2.75) is 6.42 Å². The van der Waals surface area contributed by atoms with Crippen LogP contribution in [0.3, 0.4) is 0 Å². The monoisotopic (exact) mass is 291 g/mol. The number of carbonyl (C=O) groups excluding carboxylic acids is 2. The number of piperazine rings is 1. The second-order valence-corrected chi connectivity index (χ2v) is 5.11. The number of rotatable bonds is 4. The highest BCUT2D eigenvalue weighted by Gasteiger charge is 2.22. The summed E-state index contributed by atoms with van der Waals surface area (Å²) in [6, 6.07) is 7.42. The first-order valence-electron chi connectivity index (χ1n) is 7.00. The molecule has 0 spiro atoms. The van der Waals surface area contributed by atoms with Gasteiger partial charge in [-0.2, -0.15) is 0 Å². The molecule has 2 rings (SSSR count). The van der Waals surface area contributed by atoms with Crippen LogP contribution in [-0.2, 0) is 20.7 Å². The summed E-state index contributed by atoms with van der Waals surface area (Å²) in [5.41, 5.74) is 7.37. The Morgan fingerprint density at radius 1 is 1.19 bits per heavy atom. The van der Waals surface area contributed by atoms with E-state index in [1.54, 1.807) is 6.07 Å². The number of nitrogens with zero attached hydrogens (tertiary/aromatic N) is 2. The second-order valence-electron chi connectivity index (χ2n) is 5.11. The number of para-hydroxylation sites is 1. The summed E-state index contributed by atoms with van der Waals surface area (Å²) in [5.74, 6) is -0.169. The Morgan fingerprint density at radius 3 is 2.48 bits per heavy atom. The average molecular weight is 291 g/mol. The molecule has 0 saturated carbocycles. The van der Waals surface area contributed by atoms with Gasteiger partial charge in [-0.05, 0) is 11.6 Å². The van der Waals surface area contributed by atoms with E-state index in [-0.39, 0.29) is 18.4 Å². The van der Waals surface area contributed by atoms with Crippen molar-refractivity contribution in [3.63, 3.8) is 0 Å². The van der Waals surface area contributed by atoms with E-state index < -0.39 is 0 Å². The smallest absolute Gasteiger partial charge is 0.319 e. The quantitative estimate of drug-likeness (QED) is 0.630. The summed E-state index contributed by atoms with van der Waals surface area (Å²) in [6.45, 7) is 2.91. The first kappa shape index (κ1) is 15.3. The van der Waals surface area contributed by atoms with Crippen LogP contribution < -0.4 is 5.73 Å². The van der Waals surface area contributed by atoms with Gasteiger partial charge in [0.15, 0.2) is 0 Å². The Hall–Kier alpha value is -2.08. The number of benzene rings is 1. The highest BCUT2D eigenvalue weighted by atomic mass is 16.5. The third kappa shape index (κ3) is 4.19. The molecule has 0 atom stereocenters. The molecule has 0 aromatic heterocycles. The summed E-state index contributed by atoms with van der Waals surface area (Å²) >= 11 is 0. The van der Waals surface area contributed by atoms with Crippen molar-refractivity contribution in [2.24, 2.45) is 0 Å². The third-order valence-electron chi connectivity index (χ3n) is 3.70. The molecule has 2 N–H and O–H groups in total. The van der Waals surface area contributed by atoms with Crippen LogP contribution in [0.25, 0.3) is 0 Å². The van der Waals surface area contributed by atoms with E-state index in [0.717, 1.165) is 5.56 Å². The van der Waals surface area contributed by atoms with Gasteiger partial charge in [0, 0.05) is 31.9 Å². The Kier molecular flexibility index (Phi) is 5.16. The molecule has 6 nitrogen and oxygen atoms in total. The summed E-state index contributed by atoms with van der Waals surface area (Å²) in [7, 11) is 1.38. The number of carbonyl (C=O) groups is 2. The largest absolute Gasteiger partial charge is 0.468 e. The van der Waals surface area contributed by atoms with Crippen LogP contribution in [0.15, 0.2) is 24.3 Å². The zero-order valence-electron chi connectivity index (χ0n) is 12.2. The summed E-state index contributed by atoms with van der Waals surface area (Å²) in [6.07, 6.45) is 0.323. The van der Waals surface area contributed by atoms with Gasteiger partial charge in [-0.3, -0.25) is 14.5 Å². The zero-order chi connectivity index (χ0) is 15.2. The van der Waals surface area contributed by atoms with Crippen molar-refractivity contribution in [2.75, 3.05) is 45.6 Å². The van der Waals surface area contributed by atoms with Gasteiger partial charge in [0.25, 0.3) is 0 Å². The predicted octanol–water partition coefficient (Wildman–Crippen LogP) is 0.129. The number of hydrogen-bond acceptors (Lipinski definition) is 5. The van der Waals surface area contributed by atoms with Crippen molar-refractivity contribution in [1.29, 1.82) is 0 Å². The maximum absolute atomic E-state index is 12.3. The van der Waals surface area contributed by atoms with Gasteiger partial charge in [-0.25, -0.2) is 0 Å². The maximum atomic E-state index is 12.3. The summed E-state index contributed by atoms with van der Waals surface area (Å²) in [5, 5.41) is 0. The standard InChI is InChI=1S/C15H21N3O3/c1-21-15(20)11-17-6-8-18(9-7-17)14(19)10-12-4-2-3-5-13(12)16/h2-5H,6-11,16H2,1H3. The molecule has 0 bridgehead atoms. The molecule has 21 heavy (non-hydrogen) atoms. The summed E-state index contributed by atoms with van der Waals surface area (Å²) < 4.78 is 4.64. The van der Waals surface area contributed by atoms with Gasteiger partial charge in [-0.1, -0.05) is 18.2 Å². The lowest BCUT2D eigenvalue weighted by Crippen LogP contribution is -2.50. The van der Waals surface area contributed by atoms with E-state index >= 15 is 0 Å². The number of hydrogen-bond donors (Lipinski definition) is 1. The molecule has 1 aromatic carbocycles. The summed E-state index contributed by atoms with van der Waals surface area (Å²) in [4.78, 5) is 27.3. The molecule has 1 amide bonds. The van der Waals surface area contributed by atoms with Gasteiger partial charge in [0.2, 0.25) is 5.91 Å². The van der Waals surface area contributed by atoms with E-state index in [4.69, 9.17) is 5.73 Å². The number of ether oxygens (including phenoxy) is 1. The highest BCUT2D eigenvalue weighted by Crippen LogP contribution is 2.13. The number of nitrogen functional groups attached to an aromatic ring is 1. The molecule has 1 aromatic rings. The maximum Gasteiger partial charge on any atom is 0.319 e. The minimum atomic E-state index is -0.244. The topological polar surface area (TPSA) is 75.9 Å². The fraction of sp³-hybridized carbons (Fsp3) is 0.467. The Bertz CT molecular complexity index is 511. The van der Waals surface area contributed by atoms with Gasteiger partial charge < -0.3 is 15.4 Å². The molecule has 0 aliphatic carbocycles. The van der Waals surface area contributed by atoms with Crippen LogP contribution in [-0.4, -0.2) is 61.5 Å². The molecule has 0 unspecified atom stereocenters. The number of methoxy groups -OCH3 is 1. The van der Waals surface area contributed by atoms with Crippen LogP contribution in [0, 0.1) is 0 Å². The Labute approximate surface area is 124 Å². The lowest BCUT2D eigenvalue weighted by Gasteiger charge is -2.34. The normalized spacial score (nSPS) is 15.8. The van der Waals surface area contributed by atoms with E-state index in [1.165, 1.54) is 7.11 Å². The molecule has 1 saturated heterocycles. The van der Waals surface area contributed by atoms with E-state index in [9.17, 15) is 9.59 Å². The van der Waals surface area contributed by atoms with Crippen LogP contribution >= 0.6 is 0 Å². The average Bonchev–Trinajstić information content (AvgIpc) is 2.50. The van der Waals surface area contributed by atoms with Gasteiger partial charge >= 0.3 is 5.97 Å². The molecule has 6 heteroatoms. The highest BCUT2D eigenvalue weighted by molar-refractivity contribution is 5.80. The van der Waals surface area contributed by atoms with Crippen LogP contribution in [0.5, 0.6) is 0 Å².